The van der Waals surface area contributed by atoms with E-state index in [0.717, 1.165) is 0 Å². The summed E-state index contributed by atoms with van der Waals surface area (Å²) in [6, 6.07) is 6.10. The van der Waals surface area contributed by atoms with Gasteiger partial charge in [0.25, 0.3) is 0 Å². The number of hydrazine groups is 1. The molecule has 0 aromatic heterocycles. The normalized spacial score (nSPS) is 9.80. The molecule has 1 amide bonds. The molecule has 2 N–H and O–H groups in total. The van der Waals surface area contributed by atoms with Crippen LogP contribution in [0.2, 0.25) is 0 Å². The molecule has 0 saturated carbocycles. The molecule has 82 valence electrons. The Kier molecular flexibility index (Phi) is 4.12. The van der Waals surface area contributed by atoms with E-state index in [1.807, 2.05) is 32.0 Å². The van der Waals surface area contributed by atoms with Crippen LogP contribution < -0.4 is 10.9 Å². The van der Waals surface area contributed by atoms with Crippen LogP contribution in [0, 0.1) is 13.8 Å². The Hall–Kier alpha value is -1.55. The Morgan fingerprint density at radius 2 is 1.93 bits per heavy atom. The highest BCUT2D eigenvalue weighted by molar-refractivity contribution is 5.66. The summed E-state index contributed by atoms with van der Waals surface area (Å²) >= 11 is 0. The van der Waals surface area contributed by atoms with E-state index in [9.17, 15) is 4.79 Å². The van der Waals surface area contributed by atoms with E-state index >= 15 is 0 Å². The van der Waals surface area contributed by atoms with Crippen LogP contribution in [0.3, 0.4) is 0 Å². The summed E-state index contributed by atoms with van der Waals surface area (Å²) in [5.41, 5.74) is 8.83. The maximum atomic E-state index is 10.8. The minimum atomic E-state index is -0.485. The zero-order valence-electron chi connectivity index (χ0n) is 9.26. The number of benzene rings is 1. The zero-order valence-corrected chi connectivity index (χ0v) is 9.26. The van der Waals surface area contributed by atoms with Gasteiger partial charge in [-0.1, -0.05) is 18.2 Å². The highest BCUT2D eigenvalue weighted by Crippen LogP contribution is 2.12. The third-order valence-corrected chi connectivity index (χ3v) is 2.29. The van der Waals surface area contributed by atoms with E-state index in [4.69, 9.17) is 0 Å². The van der Waals surface area contributed by atoms with Gasteiger partial charge in [-0.05, 0) is 30.5 Å². The fraction of sp³-hybridized carbons (Fsp3) is 0.364. The molecule has 0 fully saturated rings. The Morgan fingerprint density at radius 3 is 2.47 bits per heavy atom. The molecule has 1 rings (SSSR count). The van der Waals surface area contributed by atoms with Crippen LogP contribution in [0.25, 0.3) is 0 Å². The second-order valence-corrected chi connectivity index (χ2v) is 3.34. The molecular weight excluding hydrogens is 192 g/mol. The summed E-state index contributed by atoms with van der Waals surface area (Å²) in [7, 11) is 1.33. The summed E-state index contributed by atoms with van der Waals surface area (Å²) in [5.74, 6) is 0. The van der Waals surface area contributed by atoms with E-state index in [0.29, 0.717) is 6.54 Å². The van der Waals surface area contributed by atoms with Crippen molar-refractivity contribution < 1.29 is 9.53 Å². The molecule has 15 heavy (non-hydrogen) atoms. The molecule has 4 heteroatoms. The number of nitrogens with one attached hydrogen (secondary N) is 2. The van der Waals surface area contributed by atoms with Crippen LogP contribution in [-0.4, -0.2) is 13.2 Å². The second kappa shape index (κ2) is 5.36. The lowest BCUT2D eigenvalue weighted by Gasteiger charge is -2.10. The molecule has 0 radical (unpaired) electrons. The lowest BCUT2D eigenvalue weighted by atomic mass is 10.0. The predicted octanol–water partition coefficient (Wildman–Crippen LogP) is 1.66. The summed E-state index contributed by atoms with van der Waals surface area (Å²) in [6.45, 7) is 4.68. The van der Waals surface area contributed by atoms with Crippen molar-refractivity contribution in [3.63, 3.8) is 0 Å². The molecule has 0 saturated heterocycles. The number of hydrogen-bond donors (Lipinski definition) is 2. The summed E-state index contributed by atoms with van der Waals surface area (Å²) in [6.07, 6.45) is -0.485. The Bertz CT molecular complexity index is 330. The average molecular weight is 208 g/mol. The quantitative estimate of drug-likeness (QED) is 0.743. The first-order chi connectivity index (χ1) is 7.15. The lowest BCUT2D eigenvalue weighted by Crippen LogP contribution is -2.36. The molecule has 0 heterocycles. The summed E-state index contributed by atoms with van der Waals surface area (Å²) < 4.78 is 4.44. The molecule has 4 nitrogen and oxygen atoms in total. The molecule has 0 aliphatic carbocycles. The molecule has 0 spiro atoms. The minimum Gasteiger partial charge on any atom is -0.452 e. The molecule has 0 aliphatic heterocycles. The largest absolute Gasteiger partial charge is 0.452 e. The topological polar surface area (TPSA) is 50.4 Å². The van der Waals surface area contributed by atoms with E-state index in [-0.39, 0.29) is 0 Å². The number of ether oxygens (including phenoxy) is 1. The first kappa shape index (κ1) is 11.5. The molecule has 0 unspecified atom stereocenters. The number of amides is 1. The third kappa shape index (κ3) is 3.25. The molecule has 0 atom stereocenters. The Labute approximate surface area is 89.6 Å². The van der Waals surface area contributed by atoms with E-state index in [1.165, 1.54) is 23.8 Å². The van der Waals surface area contributed by atoms with Gasteiger partial charge in [0.05, 0.1) is 7.11 Å². The smallest absolute Gasteiger partial charge is 0.421 e. The third-order valence-electron chi connectivity index (χ3n) is 2.29. The lowest BCUT2D eigenvalue weighted by molar-refractivity contribution is 0.165. The maximum Gasteiger partial charge on any atom is 0.421 e. The van der Waals surface area contributed by atoms with Crippen LogP contribution in [0.1, 0.15) is 16.7 Å². The van der Waals surface area contributed by atoms with Gasteiger partial charge in [0, 0.05) is 6.54 Å². The van der Waals surface area contributed by atoms with Crippen LogP contribution in [-0.2, 0) is 11.3 Å². The van der Waals surface area contributed by atoms with Gasteiger partial charge >= 0.3 is 6.09 Å². The average Bonchev–Trinajstić information content (AvgIpc) is 2.22. The zero-order chi connectivity index (χ0) is 11.3. The summed E-state index contributed by atoms with van der Waals surface area (Å²) in [4.78, 5) is 10.8. The Balaban J connectivity index is 2.54. The van der Waals surface area contributed by atoms with Gasteiger partial charge in [-0.2, -0.15) is 0 Å². The number of aryl methyl sites for hydroxylation is 2. The SMILES string of the molecule is COC(=O)NNCc1c(C)cccc1C. The van der Waals surface area contributed by atoms with Gasteiger partial charge in [-0.3, -0.25) is 5.43 Å². The van der Waals surface area contributed by atoms with E-state index in [1.54, 1.807) is 0 Å². The predicted molar refractivity (Wildman–Crippen MR) is 58.3 cm³/mol. The second-order valence-electron chi connectivity index (χ2n) is 3.34. The van der Waals surface area contributed by atoms with Crippen LogP contribution >= 0.6 is 0 Å². The van der Waals surface area contributed by atoms with Gasteiger partial charge in [0.1, 0.15) is 0 Å². The van der Waals surface area contributed by atoms with Crippen molar-refractivity contribution in [2.45, 2.75) is 20.4 Å². The number of rotatable bonds is 3. The summed E-state index contributed by atoms with van der Waals surface area (Å²) in [5, 5.41) is 0. The molecule has 0 bridgehead atoms. The highest BCUT2D eigenvalue weighted by atomic mass is 16.5. The van der Waals surface area contributed by atoms with Crippen molar-refractivity contribution in [2.24, 2.45) is 0 Å². The standard InChI is InChI=1S/C11H16N2O2/c1-8-5-4-6-9(2)10(8)7-12-13-11(14)15-3/h4-6,12H,7H2,1-3H3,(H,13,14). The maximum absolute atomic E-state index is 10.8. The van der Waals surface area contributed by atoms with Crippen molar-refractivity contribution >= 4 is 6.09 Å². The monoisotopic (exact) mass is 208 g/mol. The molecule has 0 aliphatic rings. The number of hydrogen-bond acceptors (Lipinski definition) is 3. The first-order valence-electron chi connectivity index (χ1n) is 4.77. The van der Waals surface area contributed by atoms with Crippen LogP contribution in [0.4, 0.5) is 4.79 Å². The highest BCUT2D eigenvalue weighted by Gasteiger charge is 2.02. The van der Waals surface area contributed by atoms with Gasteiger partial charge < -0.3 is 4.74 Å². The van der Waals surface area contributed by atoms with Gasteiger partial charge in [-0.15, -0.1) is 0 Å². The van der Waals surface area contributed by atoms with E-state index < -0.39 is 6.09 Å². The Morgan fingerprint density at radius 1 is 1.33 bits per heavy atom. The minimum absolute atomic E-state index is 0.485. The van der Waals surface area contributed by atoms with Gasteiger partial charge in [-0.25, -0.2) is 10.2 Å². The fourth-order valence-corrected chi connectivity index (χ4v) is 1.38. The van der Waals surface area contributed by atoms with E-state index in [2.05, 4.69) is 15.6 Å². The van der Waals surface area contributed by atoms with Crippen molar-refractivity contribution in [2.75, 3.05) is 7.11 Å². The molecular formula is C11H16N2O2. The van der Waals surface area contributed by atoms with Crippen LogP contribution in [0.15, 0.2) is 18.2 Å². The van der Waals surface area contributed by atoms with Crippen molar-refractivity contribution in [3.05, 3.63) is 34.9 Å². The van der Waals surface area contributed by atoms with Crippen molar-refractivity contribution in [1.82, 2.24) is 10.9 Å². The number of methoxy groups -OCH3 is 1. The number of carbonyl (C=O) groups excluding carboxylic acids is 1. The first-order valence-corrected chi connectivity index (χ1v) is 4.77. The number of carbonyl (C=O) groups is 1. The van der Waals surface area contributed by atoms with Crippen LogP contribution in [0.5, 0.6) is 0 Å². The van der Waals surface area contributed by atoms with Crippen molar-refractivity contribution in [1.29, 1.82) is 0 Å². The molecule has 1 aromatic carbocycles. The fourth-order valence-electron chi connectivity index (χ4n) is 1.38. The van der Waals surface area contributed by atoms with Gasteiger partial charge in [0.2, 0.25) is 0 Å². The van der Waals surface area contributed by atoms with Gasteiger partial charge in [0.15, 0.2) is 0 Å². The molecule has 1 aromatic rings. The van der Waals surface area contributed by atoms with Crippen molar-refractivity contribution in [3.8, 4) is 0 Å².